The minimum atomic E-state index is -0.723. The van der Waals surface area contributed by atoms with Gasteiger partial charge in [0.15, 0.2) is 5.75 Å². The Morgan fingerprint density at radius 2 is 2.25 bits per heavy atom. The van der Waals surface area contributed by atoms with Crippen molar-refractivity contribution < 1.29 is 14.4 Å². The fourth-order valence-corrected chi connectivity index (χ4v) is 1.00. The zero-order chi connectivity index (χ0) is 12.1. The minimum Gasteiger partial charge on any atom is -0.491 e. The molecule has 0 radical (unpaired) electrons. The number of ether oxygens (including phenoxy) is 2. The van der Waals surface area contributed by atoms with E-state index in [2.05, 4.69) is 15.0 Å². The summed E-state index contributed by atoms with van der Waals surface area (Å²) in [5.41, 5.74) is 7.79. The molecule has 0 amide bonds. The Bertz CT molecular complexity index is 439. The van der Waals surface area contributed by atoms with E-state index < -0.39 is 10.6 Å². The van der Waals surface area contributed by atoms with Crippen LogP contribution >= 0.6 is 0 Å². The highest BCUT2D eigenvalue weighted by atomic mass is 16.6. The van der Waals surface area contributed by atoms with Crippen LogP contribution in [-0.2, 0) is 0 Å². The molecule has 1 aromatic rings. The molecule has 1 rings (SSSR count). The summed E-state index contributed by atoms with van der Waals surface area (Å²) in [7, 11) is 2.63. The highest BCUT2D eigenvalue weighted by Gasteiger charge is 2.20. The molecule has 16 heavy (non-hydrogen) atoms. The van der Waals surface area contributed by atoms with Crippen LogP contribution in [0.3, 0.4) is 0 Å². The molecule has 9 heteroatoms. The average molecular weight is 225 g/mol. The lowest BCUT2D eigenvalue weighted by Gasteiger charge is -2.06. The topological polar surface area (TPSA) is 123 Å². The maximum Gasteiger partial charge on any atom is 0.301 e. The monoisotopic (exact) mass is 225 g/mol. The summed E-state index contributed by atoms with van der Waals surface area (Å²) in [6.07, 6.45) is 0. The van der Waals surface area contributed by atoms with Crippen LogP contribution in [-0.4, -0.2) is 24.1 Å². The summed E-state index contributed by atoms with van der Waals surface area (Å²) in [4.78, 5) is 16.0. The maximum absolute atomic E-state index is 10.7. The van der Waals surface area contributed by atoms with Crippen LogP contribution in [0.15, 0.2) is 11.2 Å². The van der Waals surface area contributed by atoms with Gasteiger partial charge in [0, 0.05) is 4.91 Å². The Labute approximate surface area is 89.4 Å². The third-order valence-electron chi connectivity index (χ3n) is 1.66. The summed E-state index contributed by atoms with van der Waals surface area (Å²) in [5.74, 6) is -0.272. The van der Waals surface area contributed by atoms with Crippen molar-refractivity contribution in [3.63, 3.8) is 0 Å². The van der Waals surface area contributed by atoms with Crippen molar-refractivity contribution in [1.82, 2.24) is 4.98 Å². The summed E-state index contributed by atoms with van der Waals surface area (Å²) in [6, 6.07) is 1.08. The average Bonchev–Trinajstić information content (AvgIpc) is 2.28. The number of nitro groups is 1. The van der Waals surface area contributed by atoms with Crippen molar-refractivity contribution >= 4 is 11.5 Å². The molecule has 1 heterocycles. The van der Waals surface area contributed by atoms with Gasteiger partial charge in [-0.25, -0.2) is 4.98 Å². The van der Waals surface area contributed by atoms with E-state index in [1.165, 1.54) is 14.2 Å². The van der Waals surface area contributed by atoms with Crippen LogP contribution in [0.25, 0.3) is 10.4 Å². The highest BCUT2D eigenvalue weighted by Crippen LogP contribution is 2.35. The van der Waals surface area contributed by atoms with Gasteiger partial charge in [0.25, 0.3) is 5.88 Å². The summed E-state index contributed by atoms with van der Waals surface area (Å²) >= 11 is 0. The second-order valence-corrected chi connectivity index (χ2v) is 2.49. The summed E-state index contributed by atoms with van der Waals surface area (Å²) in [5, 5.41) is 13.8. The molecule has 9 nitrogen and oxygen atoms in total. The van der Waals surface area contributed by atoms with Gasteiger partial charge in [-0.05, 0) is 10.6 Å². The zero-order valence-electron chi connectivity index (χ0n) is 8.45. The van der Waals surface area contributed by atoms with Gasteiger partial charge in [-0.15, -0.1) is 0 Å². The normalized spacial score (nSPS) is 9.12. The van der Waals surface area contributed by atoms with Crippen molar-refractivity contribution in [3.8, 4) is 11.6 Å². The first-order valence-corrected chi connectivity index (χ1v) is 3.96. The van der Waals surface area contributed by atoms with Gasteiger partial charge >= 0.3 is 5.69 Å². The Hall–Kier alpha value is -2.54. The van der Waals surface area contributed by atoms with E-state index in [0.29, 0.717) is 0 Å². The Balaban J connectivity index is 3.46. The molecular weight excluding hydrogens is 218 g/mol. The van der Waals surface area contributed by atoms with Gasteiger partial charge in [0.1, 0.15) is 0 Å². The van der Waals surface area contributed by atoms with Crippen LogP contribution in [0, 0.1) is 10.1 Å². The van der Waals surface area contributed by atoms with Gasteiger partial charge in [-0.3, -0.25) is 10.1 Å². The minimum absolute atomic E-state index is 0.00972. The molecule has 0 fully saturated rings. The number of hydrogen-bond acceptors (Lipinski definition) is 6. The lowest BCUT2D eigenvalue weighted by molar-refractivity contribution is -0.384. The van der Waals surface area contributed by atoms with Crippen LogP contribution < -0.4 is 9.47 Å². The lowest BCUT2D eigenvalue weighted by Crippen LogP contribution is -1.97. The number of methoxy groups -OCH3 is 2. The maximum atomic E-state index is 10.7. The molecular formula is C7H7N5O4. The molecule has 0 atom stereocenters. The zero-order valence-corrected chi connectivity index (χ0v) is 8.45. The lowest BCUT2D eigenvalue weighted by atomic mass is 10.3. The van der Waals surface area contributed by atoms with Crippen molar-refractivity contribution in [2.75, 3.05) is 14.2 Å². The number of hydrogen-bond donors (Lipinski definition) is 0. The van der Waals surface area contributed by atoms with Gasteiger partial charge < -0.3 is 9.47 Å². The van der Waals surface area contributed by atoms with Crippen molar-refractivity contribution in [3.05, 3.63) is 26.6 Å². The fourth-order valence-electron chi connectivity index (χ4n) is 1.00. The predicted molar refractivity (Wildman–Crippen MR) is 52.8 cm³/mol. The fraction of sp³-hybridized carbons (Fsp3) is 0.286. The smallest absolute Gasteiger partial charge is 0.301 e. The molecule has 0 aromatic carbocycles. The number of rotatable bonds is 4. The molecule has 0 bridgehead atoms. The van der Waals surface area contributed by atoms with Crippen molar-refractivity contribution in [2.45, 2.75) is 0 Å². The van der Waals surface area contributed by atoms with Crippen molar-refractivity contribution in [1.29, 1.82) is 0 Å². The number of azide groups is 1. The largest absolute Gasteiger partial charge is 0.491 e. The molecule has 0 N–H and O–H groups in total. The molecule has 84 valence electrons. The quantitative estimate of drug-likeness (QED) is 0.254. The van der Waals surface area contributed by atoms with E-state index in [4.69, 9.17) is 15.0 Å². The molecule has 0 saturated carbocycles. The van der Waals surface area contributed by atoms with E-state index >= 15 is 0 Å². The third-order valence-corrected chi connectivity index (χ3v) is 1.66. The van der Waals surface area contributed by atoms with Gasteiger partial charge in [0.2, 0.25) is 5.82 Å². The standard InChI is InChI=1S/C7H7N5O4/c1-15-5-3-4(12(13)14)6(10-11-8)9-7(5)16-2/h3H,1-2H3. The van der Waals surface area contributed by atoms with Crippen LogP contribution in [0.1, 0.15) is 0 Å². The third kappa shape index (κ3) is 2.10. The van der Waals surface area contributed by atoms with Gasteiger partial charge in [-0.2, -0.15) is 0 Å². The molecule has 0 aliphatic heterocycles. The van der Waals surface area contributed by atoms with Gasteiger partial charge in [0.05, 0.1) is 25.2 Å². The number of pyridine rings is 1. The first-order valence-electron chi connectivity index (χ1n) is 3.96. The molecule has 0 aliphatic carbocycles. The second kappa shape index (κ2) is 4.80. The SMILES string of the molecule is COc1cc([N+](=O)[O-])c(N=[N+]=[N-])nc1OC. The summed E-state index contributed by atoms with van der Waals surface area (Å²) in [6.45, 7) is 0. The Kier molecular flexibility index (Phi) is 3.46. The summed E-state index contributed by atoms with van der Waals surface area (Å²) < 4.78 is 9.65. The molecule has 0 spiro atoms. The Morgan fingerprint density at radius 3 is 2.69 bits per heavy atom. The van der Waals surface area contributed by atoms with Crippen molar-refractivity contribution in [2.24, 2.45) is 5.11 Å². The van der Waals surface area contributed by atoms with E-state index in [1.807, 2.05) is 0 Å². The van der Waals surface area contributed by atoms with E-state index in [9.17, 15) is 10.1 Å². The van der Waals surface area contributed by atoms with Gasteiger partial charge in [-0.1, -0.05) is 0 Å². The van der Waals surface area contributed by atoms with Crippen LogP contribution in [0.5, 0.6) is 11.6 Å². The van der Waals surface area contributed by atoms with E-state index in [0.717, 1.165) is 6.07 Å². The van der Waals surface area contributed by atoms with Crippen LogP contribution in [0.2, 0.25) is 0 Å². The number of nitrogens with zero attached hydrogens (tertiary/aromatic N) is 5. The first-order chi connectivity index (χ1) is 7.63. The first kappa shape index (κ1) is 11.5. The highest BCUT2D eigenvalue weighted by molar-refractivity contribution is 5.58. The molecule has 1 aromatic heterocycles. The van der Waals surface area contributed by atoms with E-state index in [1.54, 1.807) is 0 Å². The van der Waals surface area contributed by atoms with E-state index in [-0.39, 0.29) is 17.4 Å². The number of aromatic nitrogens is 1. The predicted octanol–water partition coefficient (Wildman–Crippen LogP) is 1.95. The second-order valence-electron chi connectivity index (χ2n) is 2.49. The van der Waals surface area contributed by atoms with Crippen LogP contribution in [0.4, 0.5) is 11.5 Å². The molecule has 0 saturated heterocycles. The Morgan fingerprint density at radius 1 is 1.56 bits per heavy atom. The molecule has 0 aliphatic rings. The molecule has 0 unspecified atom stereocenters.